The first-order chi connectivity index (χ1) is 8.75. The Balaban J connectivity index is 1.87. The van der Waals surface area contributed by atoms with E-state index < -0.39 is 0 Å². The number of hydrogen-bond acceptors (Lipinski definition) is 2. The maximum atomic E-state index is 12.4. The first kappa shape index (κ1) is 11.0. The first-order valence-corrected chi connectivity index (χ1v) is 6.10. The number of carbonyl (C=O) groups is 1. The summed E-state index contributed by atoms with van der Waals surface area (Å²) in [5, 5.41) is 0. The molecule has 2 aromatic carbocycles. The molecule has 0 spiro atoms. The van der Waals surface area contributed by atoms with E-state index >= 15 is 0 Å². The highest BCUT2D eigenvalue weighted by Crippen LogP contribution is 2.30. The normalized spacial score (nSPS) is 17.1. The molecule has 1 aliphatic heterocycles. The lowest BCUT2D eigenvalue weighted by atomic mass is 9.98. The topological polar surface area (TPSA) is 26.3 Å². The van der Waals surface area contributed by atoms with Crippen LogP contribution in [0, 0.1) is 6.92 Å². The Kier molecular flexibility index (Phi) is 2.63. The van der Waals surface area contributed by atoms with Crippen LogP contribution >= 0.6 is 0 Å². The van der Waals surface area contributed by atoms with E-state index in [2.05, 4.69) is 0 Å². The molecule has 1 unspecified atom stereocenters. The second kappa shape index (κ2) is 4.30. The molecular formula is C16H14O2. The van der Waals surface area contributed by atoms with E-state index in [4.69, 9.17) is 4.74 Å². The third kappa shape index (κ3) is 1.80. The number of Topliss-reactive ketones (excluding diaryl/α,β-unsaturated/α-hetero) is 1. The Morgan fingerprint density at radius 3 is 2.61 bits per heavy atom. The van der Waals surface area contributed by atoms with E-state index in [1.165, 1.54) is 0 Å². The van der Waals surface area contributed by atoms with Crippen LogP contribution in [-0.4, -0.2) is 11.9 Å². The van der Waals surface area contributed by atoms with Gasteiger partial charge in [-0.15, -0.1) is 0 Å². The minimum atomic E-state index is -0.372. The largest absolute Gasteiger partial charge is 0.482 e. The number of ketones is 1. The molecule has 0 N–H and O–H groups in total. The van der Waals surface area contributed by atoms with Crippen LogP contribution in [0.5, 0.6) is 5.75 Å². The van der Waals surface area contributed by atoms with Crippen LogP contribution in [0.3, 0.4) is 0 Å². The lowest BCUT2D eigenvalue weighted by molar-refractivity contribution is 0.0824. The number of rotatable bonds is 2. The summed E-state index contributed by atoms with van der Waals surface area (Å²) < 4.78 is 5.73. The molecular weight excluding hydrogens is 224 g/mol. The Bertz CT molecular complexity index is 577. The molecule has 0 aromatic heterocycles. The monoisotopic (exact) mass is 238 g/mol. The molecule has 1 aliphatic rings. The van der Waals surface area contributed by atoms with Crippen molar-refractivity contribution in [2.24, 2.45) is 0 Å². The van der Waals surface area contributed by atoms with Gasteiger partial charge in [0.1, 0.15) is 5.75 Å². The fourth-order valence-corrected chi connectivity index (χ4v) is 2.35. The highest BCUT2D eigenvalue weighted by atomic mass is 16.5. The first-order valence-electron chi connectivity index (χ1n) is 6.10. The molecule has 1 heterocycles. The number of para-hydroxylation sites is 1. The molecule has 0 fully saturated rings. The Hall–Kier alpha value is -2.09. The SMILES string of the molecule is Cc1ccccc1C(=O)C1Cc2ccccc2O1. The number of fused-ring (bicyclic) bond motifs is 1. The minimum Gasteiger partial charge on any atom is -0.482 e. The van der Waals surface area contributed by atoms with Gasteiger partial charge in [0.25, 0.3) is 0 Å². The van der Waals surface area contributed by atoms with Crippen molar-refractivity contribution in [3.8, 4) is 5.75 Å². The predicted octanol–water partition coefficient (Wildman–Crippen LogP) is 3.18. The van der Waals surface area contributed by atoms with E-state index in [0.29, 0.717) is 6.42 Å². The van der Waals surface area contributed by atoms with Gasteiger partial charge in [0.2, 0.25) is 5.78 Å². The lowest BCUT2D eigenvalue weighted by Crippen LogP contribution is -2.25. The van der Waals surface area contributed by atoms with Gasteiger partial charge in [-0.05, 0) is 24.1 Å². The van der Waals surface area contributed by atoms with Gasteiger partial charge in [0.05, 0.1) is 0 Å². The van der Waals surface area contributed by atoms with Crippen molar-refractivity contribution < 1.29 is 9.53 Å². The van der Waals surface area contributed by atoms with Gasteiger partial charge < -0.3 is 4.74 Å². The van der Waals surface area contributed by atoms with Crippen LogP contribution in [-0.2, 0) is 6.42 Å². The third-order valence-corrected chi connectivity index (χ3v) is 3.35. The van der Waals surface area contributed by atoms with Crippen molar-refractivity contribution in [2.45, 2.75) is 19.4 Å². The summed E-state index contributed by atoms with van der Waals surface area (Å²) in [4.78, 5) is 12.4. The fraction of sp³-hybridized carbons (Fsp3) is 0.188. The van der Waals surface area contributed by atoms with E-state index in [1.807, 2.05) is 55.5 Å². The van der Waals surface area contributed by atoms with E-state index in [0.717, 1.165) is 22.4 Å². The number of aryl methyl sites for hydroxylation is 1. The smallest absolute Gasteiger partial charge is 0.203 e. The Morgan fingerprint density at radius 2 is 1.83 bits per heavy atom. The van der Waals surface area contributed by atoms with Crippen molar-refractivity contribution in [1.29, 1.82) is 0 Å². The summed E-state index contributed by atoms with van der Waals surface area (Å²) >= 11 is 0. The number of ether oxygens (including phenoxy) is 1. The summed E-state index contributed by atoms with van der Waals surface area (Å²) in [6, 6.07) is 15.5. The molecule has 2 nitrogen and oxygen atoms in total. The molecule has 0 bridgehead atoms. The lowest BCUT2D eigenvalue weighted by Gasteiger charge is -2.11. The van der Waals surface area contributed by atoms with Crippen LogP contribution in [0.2, 0.25) is 0 Å². The van der Waals surface area contributed by atoms with E-state index in [-0.39, 0.29) is 11.9 Å². The molecule has 0 amide bonds. The highest BCUT2D eigenvalue weighted by molar-refractivity contribution is 6.01. The second-order valence-electron chi connectivity index (χ2n) is 4.60. The van der Waals surface area contributed by atoms with Gasteiger partial charge in [-0.2, -0.15) is 0 Å². The average molecular weight is 238 g/mol. The van der Waals surface area contributed by atoms with Gasteiger partial charge in [0, 0.05) is 12.0 Å². The zero-order valence-electron chi connectivity index (χ0n) is 10.2. The van der Waals surface area contributed by atoms with Gasteiger partial charge in [-0.1, -0.05) is 42.5 Å². The van der Waals surface area contributed by atoms with Gasteiger partial charge >= 0.3 is 0 Å². The number of benzene rings is 2. The predicted molar refractivity (Wildman–Crippen MR) is 70.1 cm³/mol. The average Bonchev–Trinajstić information content (AvgIpc) is 2.82. The van der Waals surface area contributed by atoms with Gasteiger partial charge in [-0.3, -0.25) is 4.79 Å². The Labute approximate surface area is 106 Å². The van der Waals surface area contributed by atoms with Crippen molar-refractivity contribution >= 4 is 5.78 Å². The maximum Gasteiger partial charge on any atom is 0.203 e. The third-order valence-electron chi connectivity index (χ3n) is 3.35. The van der Waals surface area contributed by atoms with Crippen LogP contribution in [0.1, 0.15) is 21.5 Å². The Morgan fingerprint density at radius 1 is 1.11 bits per heavy atom. The fourth-order valence-electron chi connectivity index (χ4n) is 2.35. The number of carbonyl (C=O) groups excluding carboxylic acids is 1. The molecule has 90 valence electrons. The highest BCUT2D eigenvalue weighted by Gasteiger charge is 2.29. The quantitative estimate of drug-likeness (QED) is 0.751. The molecule has 1 atom stereocenters. The summed E-state index contributed by atoms with van der Waals surface area (Å²) in [7, 11) is 0. The van der Waals surface area contributed by atoms with Crippen LogP contribution in [0.15, 0.2) is 48.5 Å². The zero-order chi connectivity index (χ0) is 12.5. The van der Waals surface area contributed by atoms with Gasteiger partial charge in [0.15, 0.2) is 6.10 Å². The molecule has 18 heavy (non-hydrogen) atoms. The summed E-state index contributed by atoms with van der Waals surface area (Å²) in [5.74, 6) is 0.911. The maximum absolute atomic E-state index is 12.4. The number of hydrogen-bond donors (Lipinski definition) is 0. The molecule has 0 saturated heterocycles. The van der Waals surface area contributed by atoms with Crippen molar-refractivity contribution in [3.05, 3.63) is 65.2 Å². The van der Waals surface area contributed by atoms with Crippen LogP contribution in [0.25, 0.3) is 0 Å². The zero-order valence-corrected chi connectivity index (χ0v) is 10.2. The van der Waals surface area contributed by atoms with Gasteiger partial charge in [-0.25, -0.2) is 0 Å². The summed E-state index contributed by atoms with van der Waals surface area (Å²) in [6.07, 6.45) is 0.298. The minimum absolute atomic E-state index is 0.0734. The summed E-state index contributed by atoms with van der Waals surface area (Å²) in [6.45, 7) is 1.95. The van der Waals surface area contributed by atoms with Crippen molar-refractivity contribution in [3.63, 3.8) is 0 Å². The summed E-state index contributed by atoms with van der Waals surface area (Å²) in [5.41, 5.74) is 2.88. The van der Waals surface area contributed by atoms with E-state index in [9.17, 15) is 4.79 Å². The second-order valence-corrected chi connectivity index (χ2v) is 4.60. The molecule has 0 aliphatic carbocycles. The molecule has 3 rings (SSSR count). The van der Waals surface area contributed by atoms with Crippen molar-refractivity contribution in [2.75, 3.05) is 0 Å². The molecule has 0 saturated carbocycles. The molecule has 2 heteroatoms. The standard InChI is InChI=1S/C16H14O2/c1-11-6-2-4-8-13(11)16(17)15-10-12-7-3-5-9-14(12)18-15/h2-9,15H,10H2,1H3. The van der Waals surface area contributed by atoms with Crippen LogP contribution in [0.4, 0.5) is 0 Å². The van der Waals surface area contributed by atoms with Crippen molar-refractivity contribution in [1.82, 2.24) is 0 Å². The molecule has 0 radical (unpaired) electrons. The molecule has 2 aromatic rings. The van der Waals surface area contributed by atoms with Crippen LogP contribution < -0.4 is 4.74 Å². The van der Waals surface area contributed by atoms with E-state index in [1.54, 1.807) is 0 Å².